The number of benzene rings is 2. The van der Waals surface area contributed by atoms with Crippen molar-refractivity contribution >= 4 is 34.7 Å². The molecule has 2 aromatic carbocycles. The molecular weight excluding hydrogens is 460 g/mol. The molecule has 1 aromatic heterocycles. The lowest BCUT2D eigenvalue weighted by Crippen LogP contribution is -2.29. The third-order valence-corrected chi connectivity index (χ3v) is 5.84. The number of ketones is 1. The Kier molecular flexibility index (Phi) is 6.43. The lowest BCUT2D eigenvalue weighted by atomic mass is 9.95. The molecule has 1 unspecified atom stereocenters. The minimum atomic E-state index is -0.954. The number of methoxy groups -OCH3 is 3. The number of pyridine rings is 1. The highest BCUT2D eigenvalue weighted by Gasteiger charge is 2.48. The van der Waals surface area contributed by atoms with Crippen molar-refractivity contribution in [1.29, 1.82) is 0 Å². The summed E-state index contributed by atoms with van der Waals surface area (Å²) in [6.07, 6.45) is 3.09. The van der Waals surface area contributed by atoms with Crippen LogP contribution in [-0.2, 0) is 9.59 Å². The number of aliphatic hydroxyl groups is 1. The molecule has 1 fully saturated rings. The first-order valence-corrected chi connectivity index (χ1v) is 10.6. The van der Waals surface area contributed by atoms with Crippen molar-refractivity contribution < 1.29 is 28.9 Å². The van der Waals surface area contributed by atoms with E-state index >= 15 is 0 Å². The second-order valence-corrected chi connectivity index (χ2v) is 7.72. The summed E-state index contributed by atoms with van der Waals surface area (Å²) in [5.41, 5.74) is 0.972. The third kappa shape index (κ3) is 3.82. The van der Waals surface area contributed by atoms with Gasteiger partial charge in [0.25, 0.3) is 11.7 Å². The van der Waals surface area contributed by atoms with Crippen LogP contribution in [0.1, 0.15) is 17.2 Å². The maximum Gasteiger partial charge on any atom is 0.300 e. The zero-order valence-corrected chi connectivity index (χ0v) is 19.4. The lowest BCUT2D eigenvalue weighted by molar-refractivity contribution is -0.132. The molecule has 1 aliphatic rings. The summed E-state index contributed by atoms with van der Waals surface area (Å²) in [6, 6.07) is 12.1. The van der Waals surface area contributed by atoms with Crippen LogP contribution in [0.25, 0.3) is 5.76 Å². The smallest absolute Gasteiger partial charge is 0.300 e. The number of hydrogen-bond acceptors (Lipinski definition) is 7. The monoisotopic (exact) mass is 480 g/mol. The van der Waals surface area contributed by atoms with Crippen molar-refractivity contribution in [1.82, 2.24) is 4.98 Å². The Bertz CT molecular complexity index is 1290. The Morgan fingerprint density at radius 1 is 0.941 bits per heavy atom. The number of carbonyl (C=O) groups is 2. The molecule has 0 saturated carbocycles. The van der Waals surface area contributed by atoms with Crippen molar-refractivity contribution in [2.45, 2.75) is 6.04 Å². The van der Waals surface area contributed by atoms with E-state index in [0.29, 0.717) is 22.7 Å². The number of amides is 1. The highest BCUT2D eigenvalue weighted by atomic mass is 35.5. The van der Waals surface area contributed by atoms with Gasteiger partial charge >= 0.3 is 0 Å². The van der Waals surface area contributed by atoms with Crippen molar-refractivity contribution in [2.24, 2.45) is 0 Å². The molecule has 1 aliphatic heterocycles. The van der Waals surface area contributed by atoms with Gasteiger partial charge in [-0.15, -0.1) is 0 Å². The summed E-state index contributed by atoms with van der Waals surface area (Å²) in [6.45, 7) is 0. The van der Waals surface area contributed by atoms with E-state index in [4.69, 9.17) is 25.8 Å². The van der Waals surface area contributed by atoms with E-state index in [1.807, 2.05) is 0 Å². The number of aromatic nitrogens is 1. The number of rotatable bonds is 6. The summed E-state index contributed by atoms with van der Waals surface area (Å²) < 4.78 is 16.1. The number of nitrogens with zero attached hydrogens (tertiary/aromatic N) is 2. The summed E-state index contributed by atoms with van der Waals surface area (Å²) in [7, 11) is 4.33. The summed E-state index contributed by atoms with van der Waals surface area (Å²) in [4.78, 5) is 32.0. The van der Waals surface area contributed by atoms with E-state index in [1.54, 1.807) is 48.8 Å². The molecule has 8 nitrogen and oxygen atoms in total. The van der Waals surface area contributed by atoms with Gasteiger partial charge in [-0.2, -0.15) is 0 Å². The first-order valence-electron chi connectivity index (χ1n) is 10.2. The van der Waals surface area contributed by atoms with Gasteiger partial charge in [-0.3, -0.25) is 19.5 Å². The van der Waals surface area contributed by atoms with Gasteiger partial charge in [-0.05, 0) is 35.9 Å². The van der Waals surface area contributed by atoms with Crippen molar-refractivity contribution in [2.75, 3.05) is 26.2 Å². The first kappa shape index (κ1) is 23.1. The van der Waals surface area contributed by atoms with Gasteiger partial charge in [0, 0.05) is 18.5 Å². The molecule has 9 heteroatoms. The average Bonchev–Trinajstić information content (AvgIpc) is 3.14. The highest BCUT2D eigenvalue weighted by molar-refractivity contribution is 6.52. The molecular formula is C25H21ClN2O6. The quantitative estimate of drug-likeness (QED) is 0.317. The summed E-state index contributed by atoms with van der Waals surface area (Å²) in [5.74, 6) is -1.16. The van der Waals surface area contributed by atoms with E-state index in [1.165, 1.54) is 38.4 Å². The Morgan fingerprint density at radius 3 is 2.24 bits per heavy atom. The topological polar surface area (TPSA) is 98.2 Å². The van der Waals surface area contributed by atoms with E-state index in [-0.39, 0.29) is 21.9 Å². The number of hydrogen-bond donors (Lipinski definition) is 1. The Hall–Kier alpha value is -4.04. The Labute approximate surface area is 201 Å². The number of ether oxygens (including phenoxy) is 3. The highest BCUT2D eigenvalue weighted by Crippen LogP contribution is 2.46. The molecule has 1 amide bonds. The molecule has 0 radical (unpaired) electrons. The van der Waals surface area contributed by atoms with Crippen LogP contribution in [0, 0.1) is 0 Å². The molecule has 34 heavy (non-hydrogen) atoms. The van der Waals surface area contributed by atoms with E-state index in [2.05, 4.69) is 4.98 Å². The standard InChI is InChI=1S/C25H21ClN2O6/c1-32-18-7-5-4-6-17(18)28-22(14-8-10-27-11-9-14)21(24(30)25(28)31)23(29)15-12-16(26)20(34-3)13-19(15)33-2/h4-13,22,29H,1-3H3/b23-21+. The van der Waals surface area contributed by atoms with Crippen LogP contribution < -0.4 is 19.1 Å². The molecule has 0 spiro atoms. The zero-order chi connectivity index (χ0) is 24.4. The maximum absolute atomic E-state index is 13.3. The van der Waals surface area contributed by atoms with Gasteiger partial charge in [-0.1, -0.05) is 23.7 Å². The zero-order valence-electron chi connectivity index (χ0n) is 18.6. The molecule has 1 atom stereocenters. The van der Waals surface area contributed by atoms with E-state index < -0.39 is 23.5 Å². The second kappa shape index (κ2) is 9.44. The predicted molar refractivity (Wildman–Crippen MR) is 127 cm³/mol. The van der Waals surface area contributed by atoms with Crippen molar-refractivity contribution in [3.8, 4) is 17.2 Å². The molecule has 0 bridgehead atoms. The second-order valence-electron chi connectivity index (χ2n) is 7.31. The fourth-order valence-electron chi connectivity index (χ4n) is 3.96. The van der Waals surface area contributed by atoms with Gasteiger partial charge in [0.05, 0.1) is 49.2 Å². The van der Waals surface area contributed by atoms with Crippen molar-refractivity contribution in [3.05, 3.63) is 82.6 Å². The normalized spacial score (nSPS) is 17.1. The lowest BCUT2D eigenvalue weighted by Gasteiger charge is -2.26. The molecule has 3 aromatic rings. The number of aliphatic hydroxyl groups excluding tert-OH is 1. The summed E-state index contributed by atoms with van der Waals surface area (Å²) in [5, 5.41) is 11.6. The van der Waals surface area contributed by atoms with Gasteiger partial charge in [-0.25, -0.2) is 0 Å². The largest absolute Gasteiger partial charge is 0.507 e. The summed E-state index contributed by atoms with van der Waals surface area (Å²) >= 11 is 6.29. The predicted octanol–water partition coefficient (Wildman–Crippen LogP) is 4.39. The average molecular weight is 481 g/mol. The van der Waals surface area contributed by atoms with Crippen molar-refractivity contribution in [3.63, 3.8) is 0 Å². The van der Waals surface area contributed by atoms with Crippen LogP contribution in [-0.4, -0.2) is 43.1 Å². The van der Waals surface area contributed by atoms with Gasteiger partial charge in [0.2, 0.25) is 0 Å². The van der Waals surface area contributed by atoms with E-state index in [9.17, 15) is 14.7 Å². The Balaban J connectivity index is 2.00. The minimum absolute atomic E-state index is 0.123. The first-order chi connectivity index (χ1) is 16.4. The number of para-hydroxylation sites is 2. The molecule has 174 valence electrons. The number of Topliss-reactive ketones (excluding diaryl/α,β-unsaturated/α-hetero) is 1. The number of halogens is 1. The molecule has 1 N–H and O–H groups in total. The van der Waals surface area contributed by atoms with Crippen LogP contribution in [0.4, 0.5) is 5.69 Å². The molecule has 1 saturated heterocycles. The van der Waals surface area contributed by atoms with Gasteiger partial charge < -0.3 is 19.3 Å². The third-order valence-electron chi connectivity index (χ3n) is 5.54. The fraction of sp³-hybridized carbons (Fsp3) is 0.160. The number of carbonyl (C=O) groups excluding carboxylic acids is 2. The SMILES string of the molecule is COc1cc(OC)c(/C(O)=C2\C(=O)C(=O)N(c3ccccc3OC)C2c2ccncc2)cc1Cl. The molecule has 0 aliphatic carbocycles. The number of anilines is 1. The Morgan fingerprint density at radius 2 is 1.59 bits per heavy atom. The van der Waals surface area contributed by atoms with Crippen LogP contribution in [0.15, 0.2) is 66.5 Å². The van der Waals surface area contributed by atoms with Gasteiger partial charge in [0.15, 0.2) is 0 Å². The van der Waals surface area contributed by atoms with Crippen LogP contribution >= 0.6 is 11.6 Å². The van der Waals surface area contributed by atoms with E-state index in [0.717, 1.165) is 0 Å². The maximum atomic E-state index is 13.3. The van der Waals surface area contributed by atoms with Crippen LogP contribution in [0.5, 0.6) is 17.2 Å². The molecule has 2 heterocycles. The van der Waals surface area contributed by atoms with Gasteiger partial charge in [0.1, 0.15) is 23.0 Å². The minimum Gasteiger partial charge on any atom is -0.507 e. The fourth-order valence-corrected chi connectivity index (χ4v) is 4.20. The van der Waals surface area contributed by atoms with Crippen LogP contribution in [0.3, 0.4) is 0 Å². The van der Waals surface area contributed by atoms with Crippen LogP contribution in [0.2, 0.25) is 5.02 Å². The molecule has 4 rings (SSSR count).